The maximum atomic E-state index is 12.5. The lowest BCUT2D eigenvalue weighted by Crippen LogP contribution is -2.56. The molecule has 1 saturated heterocycles. The number of urea groups is 1. The molecule has 2 rings (SSSR count). The summed E-state index contributed by atoms with van der Waals surface area (Å²) in [4.78, 5) is 37.4. The van der Waals surface area contributed by atoms with Crippen molar-refractivity contribution < 1.29 is 14.4 Å². The van der Waals surface area contributed by atoms with Gasteiger partial charge in [-0.3, -0.25) is 19.8 Å². The Balaban J connectivity index is 2.22. The van der Waals surface area contributed by atoms with Crippen molar-refractivity contribution in [1.82, 2.24) is 10.2 Å². The van der Waals surface area contributed by atoms with Gasteiger partial charge in [0.05, 0.1) is 0 Å². The van der Waals surface area contributed by atoms with Crippen LogP contribution in [0.25, 0.3) is 0 Å². The second-order valence-corrected chi connectivity index (χ2v) is 5.90. The molecule has 6 heteroatoms. The van der Waals surface area contributed by atoms with Crippen molar-refractivity contribution in [2.45, 2.75) is 32.1 Å². The van der Waals surface area contributed by atoms with E-state index in [1.165, 1.54) is 0 Å². The second-order valence-electron chi connectivity index (χ2n) is 4.98. The minimum absolute atomic E-state index is 0.344. The standard InChI is InChI=1S/C15H17BrN2O3/c1-2-3-4-8-18-14(20)12(13(19)17-15(18)21)10-6-5-7-11(16)9-10/h5-7,9,12H,2-4,8H2,1H3,(H,17,19,21). The maximum absolute atomic E-state index is 12.5. The number of barbiturate groups is 1. The monoisotopic (exact) mass is 352 g/mol. The van der Waals surface area contributed by atoms with E-state index in [-0.39, 0.29) is 0 Å². The van der Waals surface area contributed by atoms with E-state index >= 15 is 0 Å². The first-order chi connectivity index (χ1) is 10.0. The summed E-state index contributed by atoms with van der Waals surface area (Å²) >= 11 is 3.32. The zero-order chi connectivity index (χ0) is 15.4. The maximum Gasteiger partial charge on any atom is 0.330 e. The number of unbranched alkanes of at least 4 members (excludes halogenated alkanes) is 2. The Hall–Kier alpha value is -1.69. The fourth-order valence-corrected chi connectivity index (χ4v) is 2.74. The topological polar surface area (TPSA) is 66.5 Å². The molecule has 0 spiro atoms. The van der Waals surface area contributed by atoms with E-state index in [9.17, 15) is 14.4 Å². The van der Waals surface area contributed by atoms with E-state index in [2.05, 4.69) is 21.2 Å². The molecule has 1 unspecified atom stereocenters. The van der Waals surface area contributed by atoms with E-state index < -0.39 is 23.8 Å². The Morgan fingerprint density at radius 1 is 1.24 bits per heavy atom. The molecule has 112 valence electrons. The van der Waals surface area contributed by atoms with Crippen LogP contribution in [0.1, 0.15) is 37.7 Å². The van der Waals surface area contributed by atoms with Gasteiger partial charge in [0, 0.05) is 11.0 Å². The first kappa shape index (κ1) is 15.7. The summed E-state index contributed by atoms with van der Waals surface area (Å²) in [6, 6.07) is 6.40. The predicted octanol–water partition coefficient (Wildman–Crippen LogP) is 2.80. The number of hydrogen-bond donors (Lipinski definition) is 1. The van der Waals surface area contributed by atoms with E-state index in [0.717, 1.165) is 28.6 Å². The fraction of sp³-hybridized carbons (Fsp3) is 0.400. The highest BCUT2D eigenvalue weighted by Gasteiger charge is 2.40. The molecule has 0 aromatic heterocycles. The van der Waals surface area contributed by atoms with Crippen molar-refractivity contribution in [1.29, 1.82) is 0 Å². The summed E-state index contributed by atoms with van der Waals surface area (Å²) in [5, 5.41) is 2.27. The molecule has 0 radical (unpaired) electrons. The SMILES string of the molecule is CCCCCN1C(=O)NC(=O)C(c2cccc(Br)c2)C1=O. The van der Waals surface area contributed by atoms with Crippen molar-refractivity contribution >= 4 is 33.8 Å². The van der Waals surface area contributed by atoms with Crippen LogP contribution in [-0.2, 0) is 9.59 Å². The molecule has 0 bridgehead atoms. The van der Waals surface area contributed by atoms with Gasteiger partial charge in [-0.25, -0.2) is 4.79 Å². The molecule has 1 aromatic carbocycles. The highest BCUT2D eigenvalue weighted by molar-refractivity contribution is 9.10. The number of hydrogen-bond acceptors (Lipinski definition) is 3. The van der Waals surface area contributed by atoms with Crippen molar-refractivity contribution in [3.63, 3.8) is 0 Å². The van der Waals surface area contributed by atoms with Gasteiger partial charge >= 0.3 is 6.03 Å². The zero-order valence-corrected chi connectivity index (χ0v) is 13.4. The van der Waals surface area contributed by atoms with Crippen molar-refractivity contribution in [3.05, 3.63) is 34.3 Å². The molecule has 1 atom stereocenters. The van der Waals surface area contributed by atoms with Gasteiger partial charge in [0.1, 0.15) is 5.92 Å². The van der Waals surface area contributed by atoms with Crippen LogP contribution in [0, 0.1) is 0 Å². The Labute approximate surface area is 131 Å². The van der Waals surface area contributed by atoms with E-state index in [1.54, 1.807) is 18.2 Å². The minimum Gasteiger partial charge on any atom is -0.277 e. The van der Waals surface area contributed by atoms with Gasteiger partial charge in [0.2, 0.25) is 11.8 Å². The Morgan fingerprint density at radius 2 is 2.00 bits per heavy atom. The third-order valence-electron chi connectivity index (χ3n) is 3.42. The number of amides is 4. The molecule has 21 heavy (non-hydrogen) atoms. The van der Waals surface area contributed by atoms with Gasteiger partial charge in [-0.05, 0) is 24.1 Å². The van der Waals surface area contributed by atoms with Gasteiger partial charge in [-0.2, -0.15) is 0 Å². The summed E-state index contributed by atoms with van der Waals surface area (Å²) < 4.78 is 0.787. The number of carbonyl (C=O) groups is 3. The third-order valence-corrected chi connectivity index (χ3v) is 3.91. The van der Waals surface area contributed by atoms with Crippen molar-refractivity contribution in [3.8, 4) is 0 Å². The molecule has 0 aliphatic carbocycles. The van der Waals surface area contributed by atoms with Crippen LogP contribution in [0.2, 0.25) is 0 Å². The first-order valence-corrected chi connectivity index (χ1v) is 7.75. The molecule has 1 N–H and O–H groups in total. The number of imide groups is 2. The predicted molar refractivity (Wildman–Crippen MR) is 81.7 cm³/mol. The largest absolute Gasteiger partial charge is 0.330 e. The average molecular weight is 353 g/mol. The lowest BCUT2D eigenvalue weighted by Gasteiger charge is -2.30. The number of nitrogens with zero attached hydrogens (tertiary/aromatic N) is 1. The average Bonchev–Trinajstić information content (AvgIpc) is 2.42. The zero-order valence-electron chi connectivity index (χ0n) is 11.8. The Bertz CT molecular complexity index is 574. The van der Waals surface area contributed by atoms with Gasteiger partial charge in [-0.15, -0.1) is 0 Å². The smallest absolute Gasteiger partial charge is 0.277 e. The molecule has 1 aliphatic heterocycles. The quantitative estimate of drug-likeness (QED) is 0.654. The molecule has 1 aliphatic rings. The molecule has 1 fully saturated rings. The summed E-state index contributed by atoms with van der Waals surface area (Å²) in [6.07, 6.45) is 2.68. The van der Waals surface area contributed by atoms with E-state index in [4.69, 9.17) is 0 Å². The van der Waals surface area contributed by atoms with E-state index in [0.29, 0.717) is 12.1 Å². The van der Waals surface area contributed by atoms with Crippen LogP contribution in [-0.4, -0.2) is 29.3 Å². The number of halogens is 1. The van der Waals surface area contributed by atoms with Crippen LogP contribution < -0.4 is 5.32 Å². The normalized spacial score (nSPS) is 18.9. The van der Waals surface area contributed by atoms with Crippen LogP contribution in [0.3, 0.4) is 0 Å². The number of nitrogens with one attached hydrogen (secondary N) is 1. The van der Waals surface area contributed by atoms with Crippen LogP contribution in [0.4, 0.5) is 4.79 Å². The number of rotatable bonds is 5. The lowest BCUT2D eigenvalue weighted by molar-refractivity contribution is -0.138. The molecule has 5 nitrogen and oxygen atoms in total. The second kappa shape index (κ2) is 6.85. The van der Waals surface area contributed by atoms with Crippen molar-refractivity contribution in [2.75, 3.05) is 6.54 Å². The van der Waals surface area contributed by atoms with Gasteiger partial charge in [-0.1, -0.05) is 47.8 Å². The number of benzene rings is 1. The Kier molecular flexibility index (Phi) is 5.12. The van der Waals surface area contributed by atoms with E-state index in [1.807, 2.05) is 13.0 Å². The molecule has 0 saturated carbocycles. The number of carbonyl (C=O) groups excluding carboxylic acids is 3. The van der Waals surface area contributed by atoms with Gasteiger partial charge in [0.25, 0.3) is 0 Å². The van der Waals surface area contributed by atoms with Crippen LogP contribution in [0.5, 0.6) is 0 Å². The van der Waals surface area contributed by atoms with Gasteiger partial charge < -0.3 is 0 Å². The van der Waals surface area contributed by atoms with Crippen LogP contribution >= 0.6 is 15.9 Å². The first-order valence-electron chi connectivity index (χ1n) is 6.96. The molecular formula is C15H17BrN2O3. The third kappa shape index (κ3) is 3.50. The fourth-order valence-electron chi connectivity index (χ4n) is 2.32. The van der Waals surface area contributed by atoms with Crippen LogP contribution in [0.15, 0.2) is 28.7 Å². The summed E-state index contributed by atoms with van der Waals surface area (Å²) in [6.45, 7) is 2.39. The summed E-state index contributed by atoms with van der Waals surface area (Å²) in [5.74, 6) is -1.96. The minimum atomic E-state index is -0.957. The van der Waals surface area contributed by atoms with Crippen molar-refractivity contribution in [2.24, 2.45) is 0 Å². The molecule has 4 amide bonds. The molecule has 1 aromatic rings. The lowest BCUT2D eigenvalue weighted by atomic mass is 9.95. The summed E-state index contributed by atoms with van der Waals surface area (Å²) in [5.41, 5.74) is 0.583. The molecule has 1 heterocycles. The summed E-state index contributed by atoms with van der Waals surface area (Å²) in [7, 11) is 0. The highest BCUT2D eigenvalue weighted by atomic mass is 79.9. The Morgan fingerprint density at radius 3 is 2.67 bits per heavy atom. The molecular weight excluding hydrogens is 336 g/mol. The van der Waals surface area contributed by atoms with Gasteiger partial charge in [0.15, 0.2) is 0 Å². The highest BCUT2D eigenvalue weighted by Crippen LogP contribution is 2.25.